The lowest BCUT2D eigenvalue weighted by Gasteiger charge is -2.33. The van der Waals surface area contributed by atoms with Crippen LogP contribution in [0, 0.1) is 5.82 Å². The molecule has 13 heteroatoms. The van der Waals surface area contributed by atoms with E-state index in [9.17, 15) is 8.96 Å². The van der Waals surface area contributed by atoms with Crippen molar-refractivity contribution in [2.24, 2.45) is 0 Å². The summed E-state index contributed by atoms with van der Waals surface area (Å²) in [5, 5.41) is 7.49. The molecule has 0 saturated carbocycles. The van der Waals surface area contributed by atoms with Gasteiger partial charge < -0.3 is 23.3 Å². The Bertz CT molecular complexity index is 2070. The first-order chi connectivity index (χ1) is 23.0. The van der Waals surface area contributed by atoms with Gasteiger partial charge in [-0.3, -0.25) is 10.00 Å². The molecule has 1 unspecified atom stereocenters. The average molecular weight is 691 g/mol. The zero-order valence-electron chi connectivity index (χ0n) is 27.1. The summed E-state index contributed by atoms with van der Waals surface area (Å²) in [4.78, 5) is 12.1. The first-order valence-corrected chi connectivity index (χ1v) is 19.3. The first-order valence-electron chi connectivity index (χ1n) is 16.3. The van der Waals surface area contributed by atoms with E-state index in [-0.39, 0.29) is 12.0 Å². The molecule has 0 aliphatic carbocycles. The number of aromatic nitrogens is 5. The number of likely N-dealkylation sites (tertiary alicyclic amines) is 1. The van der Waals surface area contributed by atoms with Crippen LogP contribution in [0.15, 0.2) is 54.6 Å². The Hall–Kier alpha value is -3.76. The number of rotatable bonds is 8. The Morgan fingerprint density at radius 2 is 1.88 bits per heavy atom. The molecule has 0 bridgehead atoms. The number of fused-ring (bicyclic) bond motifs is 2. The Kier molecular flexibility index (Phi) is 7.86. The van der Waals surface area contributed by atoms with Crippen molar-refractivity contribution in [1.82, 2.24) is 29.6 Å². The number of benzene rings is 3. The monoisotopic (exact) mass is 690 g/mol. The molecule has 1 N–H and O–H groups in total. The number of piperidine rings is 1. The van der Waals surface area contributed by atoms with E-state index in [0.717, 1.165) is 73.5 Å². The molecule has 0 spiro atoms. The third kappa shape index (κ3) is 5.81. The van der Waals surface area contributed by atoms with Crippen LogP contribution in [-0.2, 0) is 28.2 Å². The fourth-order valence-electron chi connectivity index (χ4n) is 6.94. The molecule has 0 amide bonds. The van der Waals surface area contributed by atoms with Crippen LogP contribution in [0.25, 0.3) is 22.4 Å². The number of nitrogens with zero attached hydrogens (tertiary/aromatic N) is 5. The maximum Gasteiger partial charge on any atom is 0.278 e. The van der Waals surface area contributed by atoms with E-state index >= 15 is 0 Å². The molecule has 2 saturated heterocycles. The maximum atomic E-state index is 14.9. The van der Waals surface area contributed by atoms with Gasteiger partial charge in [-0.25, -0.2) is 14.4 Å². The lowest BCUT2D eigenvalue weighted by atomic mass is 9.88. The number of hydrogen-bond donors (Lipinski definition) is 1. The van der Waals surface area contributed by atoms with Crippen LogP contribution in [0.4, 0.5) is 4.39 Å². The highest BCUT2D eigenvalue weighted by atomic mass is 35.5. The highest BCUT2D eigenvalue weighted by Crippen LogP contribution is 2.50. The summed E-state index contributed by atoms with van der Waals surface area (Å²) in [6.45, 7) is 9.13. The van der Waals surface area contributed by atoms with Crippen LogP contribution in [0.5, 0.6) is 11.5 Å². The predicted molar refractivity (Wildman–Crippen MR) is 182 cm³/mol. The highest BCUT2D eigenvalue weighted by Gasteiger charge is 2.43. The van der Waals surface area contributed by atoms with Gasteiger partial charge in [-0.2, -0.15) is 5.10 Å². The van der Waals surface area contributed by atoms with E-state index in [4.69, 9.17) is 30.8 Å². The van der Waals surface area contributed by atoms with E-state index in [1.165, 1.54) is 6.07 Å². The molecule has 10 nitrogen and oxygen atoms in total. The van der Waals surface area contributed by atoms with Gasteiger partial charge in [0.05, 0.1) is 35.8 Å². The minimum Gasteiger partial charge on any atom is -0.444 e. The zero-order chi connectivity index (χ0) is 33.2. The quantitative estimate of drug-likeness (QED) is 0.180. The van der Waals surface area contributed by atoms with E-state index in [1.54, 1.807) is 32.4 Å². The summed E-state index contributed by atoms with van der Waals surface area (Å²) in [6.07, 6.45) is 3.09. The molecule has 8 rings (SSSR count). The molecule has 48 heavy (non-hydrogen) atoms. The van der Waals surface area contributed by atoms with Crippen molar-refractivity contribution in [3.8, 4) is 22.9 Å². The molecule has 2 aromatic heterocycles. The van der Waals surface area contributed by atoms with Gasteiger partial charge in [0.15, 0.2) is 22.9 Å². The molecule has 5 aromatic rings. The molecular formula is C35H37ClFN6O4P. The van der Waals surface area contributed by atoms with Crippen LogP contribution >= 0.6 is 18.7 Å². The predicted octanol–water partition coefficient (Wildman–Crippen LogP) is 6.67. The second kappa shape index (κ2) is 12.0. The van der Waals surface area contributed by atoms with Gasteiger partial charge in [0.2, 0.25) is 0 Å². The lowest BCUT2D eigenvalue weighted by Crippen LogP contribution is -2.35. The molecule has 2 fully saturated rings. The second-order valence-corrected chi connectivity index (χ2v) is 17.0. The van der Waals surface area contributed by atoms with E-state index < -0.39 is 18.7 Å². The summed E-state index contributed by atoms with van der Waals surface area (Å²) >= 11 is 6.00. The van der Waals surface area contributed by atoms with Gasteiger partial charge in [-0.1, -0.05) is 23.7 Å². The van der Waals surface area contributed by atoms with Crippen molar-refractivity contribution < 1.29 is 23.2 Å². The first kappa shape index (κ1) is 31.5. The molecule has 3 aromatic carbocycles. The Balaban J connectivity index is 1.00. The van der Waals surface area contributed by atoms with Crippen molar-refractivity contribution in [2.45, 2.75) is 57.1 Å². The third-order valence-corrected chi connectivity index (χ3v) is 11.1. The molecule has 3 aliphatic rings. The Morgan fingerprint density at radius 3 is 2.58 bits per heavy atom. The van der Waals surface area contributed by atoms with E-state index in [0.29, 0.717) is 40.0 Å². The zero-order valence-corrected chi connectivity index (χ0v) is 28.7. The summed E-state index contributed by atoms with van der Waals surface area (Å²) in [6, 6.07) is 16.6. The minimum absolute atomic E-state index is 0.180. The average Bonchev–Trinajstić information content (AvgIpc) is 3.74. The van der Waals surface area contributed by atoms with Gasteiger partial charge in [0.1, 0.15) is 18.8 Å². The largest absolute Gasteiger partial charge is 0.444 e. The minimum atomic E-state index is -2.55. The number of H-pyrrole nitrogens is 1. The molecular weight excluding hydrogens is 654 g/mol. The molecule has 250 valence electrons. The van der Waals surface area contributed by atoms with Crippen molar-refractivity contribution in [1.29, 1.82) is 0 Å². The van der Waals surface area contributed by atoms with Crippen LogP contribution in [0.2, 0.25) is 5.02 Å². The fourth-order valence-corrected chi connectivity index (χ4v) is 7.72. The summed E-state index contributed by atoms with van der Waals surface area (Å²) in [7, 11) is -2.55. The summed E-state index contributed by atoms with van der Waals surface area (Å²) in [5.41, 5.74) is 4.56. The van der Waals surface area contributed by atoms with Crippen molar-refractivity contribution in [3.63, 3.8) is 0 Å². The van der Waals surface area contributed by atoms with E-state index in [1.807, 2.05) is 24.3 Å². The van der Waals surface area contributed by atoms with Gasteiger partial charge in [-0.05, 0) is 94.1 Å². The van der Waals surface area contributed by atoms with E-state index in [2.05, 4.69) is 36.8 Å². The number of nitrogens with one attached hydrogen (secondary N) is 1. The SMILES string of the molecule is CC1(c2ccc(Cl)cc2F)Oc2cccc(C3CCN(Cc4nc5cc(-c6n[nH]c(P(C)(C)=O)n6)ccc5n4C[C@@H]4CCO4)CC3)c2O1. The van der Waals surface area contributed by atoms with Crippen LogP contribution in [0.3, 0.4) is 0 Å². The topological polar surface area (TPSA) is 107 Å². The number of para-hydroxylation sites is 1. The van der Waals surface area contributed by atoms with Crippen LogP contribution in [0.1, 0.15) is 49.1 Å². The number of hydrogen-bond acceptors (Lipinski definition) is 8. The highest BCUT2D eigenvalue weighted by molar-refractivity contribution is 7.69. The molecule has 3 aliphatic heterocycles. The number of ether oxygens (including phenoxy) is 3. The Labute approximate surface area is 282 Å². The Morgan fingerprint density at radius 1 is 1.06 bits per heavy atom. The van der Waals surface area contributed by atoms with Gasteiger partial charge >= 0.3 is 0 Å². The lowest BCUT2D eigenvalue weighted by molar-refractivity contribution is -0.0712. The maximum absolute atomic E-state index is 14.9. The standard InChI is InChI=1S/C35H37ClFN6O4P/c1-35(26-9-8-23(36)18-27(26)37)46-30-6-4-5-25(32(30)47-35)21-11-14-42(15-12-21)20-31-38-28-17-22(33-39-34(41-40-33)48(2,3)44)7-10-29(28)43(31)19-24-13-16-45-24/h4-10,17-18,21,24H,11-16,19-20H2,1-3H3,(H,39,40,41)/t24-,35?/m0/s1. The smallest absolute Gasteiger partial charge is 0.278 e. The van der Waals surface area contributed by atoms with Crippen molar-refractivity contribution in [2.75, 3.05) is 33.0 Å². The van der Waals surface area contributed by atoms with Crippen LogP contribution < -0.4 is 15.0 Å². The van der Waals surface area contributed by atoms with Gasteiger partial charge in [-0.15, -0.1) is 0 Å². The molecule has 0 radical (unpaired) electrons. The summed E-state index contributed by atoms with van der Waals surface area (Å²) < 4.78 is 48.1. The van der Waals surface area contributed by atoms with Crippen molar-refractivity contribution >= 4 is 35.3 Å². The molecule has 2 atom stereocenters. The number of imidazole rings is 1. The van der Waals surface area contributed by atoms with Gasteiger partial charge in [0.25, 0.3) is 5.79 Å². The van der Waals surface area contributed by atoms with Gasteiger partial charge in [0, 0.05) is 29.7 Å². The number of aromatic amines is 1. The summed E-state index contributed by atoms with van der Waals surface area (Å²) in [5.74, 6) is 1.35. The van der Waals surface area contributed by atoms with Crippen LogP contribution in [-0.4, -0.2) is 68.8 Å². The van der Waals surface area contributed by atoms with Crippen molar-refractivity contribution in [3.05, 3.63) is 82.4 Å². The molecule has 5 heterocycles. The second-order valence-electron chi connectivity index (χ2n) is 13.5. The number of halogens is 2. The normalized spacial score (nSPS) is 21.6. The third-order valence-electron chi connectivity index (χ3n) is 9.67. The fraction of sp³-hybridized carbons (Fsp3) is 0.400.